The van der Waals surface area contributed by atoms with E-state index in [1.807, 2.05) is 36.4 Å². The van der Waals surface area contributed by atoms with Crippen LogP contribution in [-0.2, 0) is 39.8 Å². The van der Waals surface area contributed by atoms with E-state index in [2.05, 4.69) is 36.3 Å². The van der Waals surface area contributed by atoms with Crippen molar-refractivity contribution in [1.82, 2.24) is 25.8 Å². The van der Waals surface area contributed by atoms with Crippen molar-refractivity contribution in [3.8, 4) is 22.3 Å². The van der Waals surface area contributed by atoms with Gasteiger partial charge in [0.05, 0.1) is 64.0 Å². The molecule has 6 amide bonds. The Morgan fingerprint density at radius 2 is 1.47 bits per heavy atom. The van der Waals surface area contributed by atoms with E-state index in [4.69, 9.17) is 24.7 Å². The Kier molecular flexibility index (Phi) is 18.1. The third-order valence-corrected chi connectivity index (χ3v) is 12.9. The number of amides is 6. The zero-order valence-electron chi connectivity index (χ0n) is 39.9. The van der Waals surface area contributed by atoms with Gasteiger partial charge in [-0.15, -0.1) is 0 Å². The molecule has 0 radical (unpaired) electrons. The Bertz CT molecular complexity index is 2850. The van der Waals surface area contributed by atoms with Gasteiger partial charge < -0.3 is 50.7 Å². The first-order chi connectivity index (χ1) is 35.5. The summed E-state index contributed by atoms with van der Waals surface area (Å²) in [5.41, 5.74) is 12.4. The lowest BCUT2D eigenvalue weighted by Crippen LogP contribution is -2.54. The monoisotopic (exact) mass is 1020 g/mol. The molecule has 0 bridgehead atoms. The first-order valence-corrected chi connectivity index (χ1v) is 24.8. The SMILES string of the molecule is Nc1ncc(-c2ccc(SNc3cccc(NC(=O)CCNCCOCCOCCOCCOCCNc4cccc5c4C(=O)N(C4CCC(=O)NC4=O)C5=O)c3)cc2F)cc1-c1ccc2c(c1)CCNC2=O. The van der Waals surface area contributed by atoms with Gasteiger partial charge in [0.15, 0.2) is 0 Å². The molecular formula is C52H56FN9O10S. The van der Waals surface area contributed by atoms with Gasteiger partial charge in [-0.1, -0.05) is 30.3 Å². The summed E-state index contributed by atoms with van der Waals surface area (Å²) < 4.78 is 41.1. The van der Waals surface area contributed by atoms with E-state index in [0.717, 1.165) is 21.7 Å². The van der Waals surface area contributed by atoms with Crippen LogP contribution in [-0.4, -0.2) is 130 Å². The molecule has 5 aromatic rings. The molecule has 1 aromatic heterocycles. The zero-order valence-corrected chi connectivity index (χ0v) is 40.7. The lowest BCUT2D eigenvalue weighted by atomic mass is 9.94. The molecule has 382 valence electrons. The number of nitrogen functional groups attached to an aromatic ring is 1. The van der Waals surface area contributed by atoms with Gasteiger partial charge in [0.1, 0.15) is 17.7 Å². The Morgan fingerprint density at radius 1 is 0.740 bits per heavy atom. The molecule has 1 unspecified atom stereocenters. The highest BCUT2D eigenvalue weighted by Crippen LogP contribution is 2.35. The summed E-state index contributed by atoms with van der Waals surface area (Å²) in [6, 6.07) is 23.4. The number of imide groups is 2. The molecule has 3 aliphatic heterocycles. The van der Waals surface area contributed by atoms with Gasteiger partial charge in [-0.3, -0.25) is 39.0 Å². The third kappa shape index (κ3) is 13.6. The number of carbonyl (C=O) groups excluding carboxylic acids is 6. The van der Waals surface area contributed by atoms with Crippen LogP contribution in [0.3, 0.4) is 0 Å². The number of halogens is 1. The van der Waals surface area contributed by atoms with E-state index < -0.39 is 35.5 Å². The van der Waals surface area contributed by atoms with Crippen molar-refractivity contribution in [3.05, 3.63) is 119 Å². The van der Waals surface area contributed by atoms with Gasteiger partial charge in [-0.05, 0) is 90.5 Å². The van der Waals surface area contributed by atoms with E-state index >= 15 is 4.39 Å². The summed E-state index contributed by atoms with van der Waals surface area (Å²) >= 11 is 1.24. The molecule has 21 heteroatoms. The van der Waals surface area contributed by atoms with Gasteiger partial charge >= 0.3 is 0 Å². The predicted molar refractivity (Wildman–Crippen MR) is 272 cm³/mol. The molecule has 3 aliphatic rings. The summed E-state index contributed by atoms with van der Waals surface area (Å²) in [5, 5.41) is 14.3. The molecule has 73 heavy (non-hydrogen) atoms. The number of pyridine rings is 1. The fourth-order valence-corrected chi connectivity index (χ4v) is 9.06. The van der Waals surface area contributed by atoms with Gasteiger partial charge in [0.25, 0.3) is 17.7 Å². The molecule has 1 saturated heterocycles. The van der Waals surface area contributed by atoms with E-state index in [1.54, 1.807) is 48.7 Å². The number of piperidine rings is 1. The van der Waals surface area contributed by atoms with Crippen molar-refractivity contribution in [2.75, 3.05) is 100 Å². The van der Waals surface area contributed by atoms with Crippen LogP contribution in [0, 0.1) is 5.82 Å². The van der Waals surface area contributed by atoms with E-state index in [9.17, 15) is 28.8 Å². The maximum Gasteiger partial charge on any atom is 0.264 e. The Morgan fingerprint density at radius 3 is 2.23 bits per heavy atom. The van der Waals surface area contributed by atoms with Crippen LogP contribution in [0.2, 0.25) is 0 Å². The van der Waals surface area contributed by atoms with Crippen LogP contribution in [0.15, 0.2) is 96.0 Å². The number of rotatable bonds is 26. The quantitative estimate of drug-likeness (QED) is 0.0218. The van der Waals surface area contributed by atoms with Crippen molar-refractivity contribution in [2.45, 2.75) is 36.6 Å². The van der Waals surface area contributed by atoms with Crippen molar-refractivity contribution < 1.29 is 52.1 Å². The van der Waals surface area contributed by atoms with Crippen molar-refractivity contribution in [1.29, 1.82) is 0 Å². The lowest BCUT2D eigenvalue weighted by Gasteiger charge is -2.27. The Hall–Kier alpha value is -7.27. The molecule has 4 heterocycles. The molecule has 0 spiro atoms. The minimum absolute atomic E-state index is 0.0516. The Labute approximate surface area is 425 Å². The number of hydrogen-bond acceptors (Lipinski definition) is 16. The molecule has 8 rings (SSSR count). The van der Waals surface area contributed by atoms with Crippen molar-refractivity contribution in [2.24, 2.45) is 0 Å². The smallest absolute Gasteiger partial charge is 0.264 e. The Balaban J connectivity index is 0.632. The number of nitrogens with zero attached hydrogens (tertiary/aromatic N) is 2. The summed E-state index contributed by atoms with van der Waals surface area (Å²) in [5.74, 6) is -2.59. The first-order valence-electron chi connectivity index (χ1n) is 23.9. The lowest BCUT2D eigenvalue weighted by molar-refractivity contribution is -0.136. The maximum absolute atomic E-state index is 15.5. The highest BCUT2D eigenvalue weighted by Gasteiger charge is 2.45. The molecule has 0 saturated carbocycles. The van der Waals surface area contributed by atoms with Gasteiger partial charge in [-0.25, -0.2) is 9.37 Å². The first kappa shape index (κ1) is 52.1. The molecule has 4 aromatic carbocycles. The number of ether oxygens (including phenoxy) is 4. The second-order valence-electron chi connectivity index (χ2n) is 17.1. The highest BCUT2D eigenvalue weighted by atomic mass is 32.2. The summed E-state index contributed by atoms with van der Waals surface area (Å²) in [6.07, 6.45) is 2.66. The third-order valence-electron chi connectivity index (χ3n) is 12.0. The molecule has 1 fully saturated rings. The number of nitrogens with two attached hydrogens (primary N) is 1. The fourth-order valence-electron chi connectivity index (χ4n) is 8.40. The molecular weight excluding hydrogens is 962 g/mol. The summed E-state index contributed by atoms with van der Waals surface area (Å²) in [7, 11) is 0. The summed E-state index contributed by atoms with van der Waals surface area (Å²) in [6.45, 7) is 5.00. The standard InChI is InChI=1S/C52H56FN9O10S/c53-42-30-37(8-10-38(42)34-28-41(48(54)58-31-34)32-7-9-39-33(27-32)13-16-57-49(39)65)73-61-36-4-1-3-35(29-36)59-46(64)14-15-55-17-19-69-21-23-71-25-26-72-24-22-70-20-18-56-43-6-2-5-40-47(43)52(68)62(51(40)67)44-11-12-45(63)60-50(44)66/h1-10,27-31,44,55-56,61H,11-26H2,(H2,54,58)(H,57,65)(H,59,64)(H,60,63,66). The number of fused-ring (bicyclic) bond motifs is 2. The highest BCUT2D eigenvalue weighted by molar-refractivity contribution is 8.00. The fraction of sp³-hybridized carbons (Fsp3) is 0.327. The van der Waals surface area contributed by atoms with E-state index in [1.165, 1.54) is 18.0 Å². The number of anilines is 4. The van der Waals surface area contributed by atoms with Crippen LogP contribution < -0.4 is 37.0 Å². The average molecular weight is 1020 g/mol. The predicted octanol–water partition coefficient (Wildman–Crippen LogP) is 5.04. The normalized spacial score (nSPS) is 15.2. The molecule has 1 atom stereocenters. The molecule has 8 N–H and O–H groups in total. The number of hydrogen-bond donors (Lipinski definition) is 7. The van der Waals surface area contributed by atoms with Gasteiger partial charge in [0, 0.05) is 89.4 Å². The largest absolute Gasteiger partial charge is 0.383 e. The minimum atomic E-state index is -1.03. The summed E-state index contributed by atoms with van der Waals surface area (Å²) in [4.78, 5) is 81.0. The topological polar surface area (TPSA) is 254 Å². The second kappa shape index (κ2) is 25.4. The van der Waals surface area contributed by atoms with Crippen molar-refractivity contribution >= 4 is 70.3 Å². The van der Waals surface area contributed by atoms with Crippen LogP contribution in [0.1, 0.15) is 55.9 Å². The van der Waals surface area contributed by atoms with E-state index in [0.29, 0.717) is 130 Å². The van der Waals surface area contributed by atoms with Crippen molar-refractivity contribution in [3.63, 3.8) is 0 Å². The number of benzene rings is 4. The van der Waals surface area contributed by atoms with Crippen LogP contribution in [0.25, 0.3) is 22.3 Å². The number of carbonyl (C=O) groups is 6. The second-order valence-corrected chi connectivity index (χ2v) is 17.9. The minimum Gasteiger partial charge on any atom is -0.383 e. The molecule has 0 aliphatic carbocycles. The average Bonchev–Trinajstić information content (AvgIpc) is 3.64. The zero-order chi connectivity index (χ0) is 51.1. The van der Waals surface area contributed by atoms with Crippen LogP contribution in [0.4, 0.5) is 27.3 Å². The van der Waals surface area contributed by atoms with Gasteiger partial charge in [-0.2, -0.15) is 0 Å². The maximum atomic E-state index is 15.5. The van der Waals surface area contributed by atoms with Gasteiger partial charge in [0.2, 0.25) is 17.7 Å². The van der Waals surface area contributed by atoms with Crippen LogP contribution in [0.5, 0.6) is 0 Å². The van der Waals surface area contributed by atoms with Crippen LogP contribution >= 0.6 is 11.9 Å². The number of nitrogens with one attached hydrogen (secondary N) is 6. The molecule has 19 nitrogen and oxygen atoms in total. The van der Waals surface area contributed by atoms with E-state index in [-0.39, 0.29) is 42.2 Å². The number of aromatic nitrogens is 1.